The highest BCUT2D eigenvalue weighted by Gasteiger charge is 2.57. The second kappa shape index (κ2) is 10.3. The molecule has 5 aromatic rings. The minimum Gasteiger partial charge on any atom is -0.183 e. The predicted octanol–water partition coefficient (Wildman–Crippen LogP) is 11.4. The Hall–Kier alpha value is -3.97. The van der Waals surface area contributed by atoms with Crippen LogP contribution in [0.4, 0.5) is 0 Å². The molecule has 8 rings (SSSR count). The maximum absolute atomic E-state index is 2.76. The average molecular weight is 589 g/mol. The molecule has 1 aliphatic heterocycles. The molecule has 1 atom stereocenters. The molecule has 1 nitrogen and oxygen atoms in total. The maximum atomic E-state index is 2.76. The number of hydrogen-bond acceptors (Lipinski definition) is 0. The highest BCUT2D eigenvalue weighted by atomic mass is 15.1. The van der Waals surface area contributed by atoms with Gasteiger partial charge in [-0.25, -0.2) is 0 Å². The summed E-state index contributed by atoms with van der Waals surface area (Å²) >= 11 is 0. The first-order chi connectivity index (χ1) is 21.9. The van der Waals surface area contributed by atoms with Crippen molar-refractivity contribution in [3.8, 4) is 22.4 Å². The van der Waals surface area contributed by atoms with Crippen LogP contribution in [0.15, 0.2) is 108 Å². The van der Waals surface area contributed by atoms with E-state index in [2.05, 4.69) is 143 Å². The van der Waals surface area contributed by atoms with Crippen molar-refractivity contribution in [2.75, 3.05) is 0 Å². The monoisotopic (exact) mass is 588 g/mol. The fourth-order valence-electron chi connectivity index (χ4n) is 9.45. The van der Waals surface area contributed by atoms with Crippen LogP contribution in [-0.2, 0) is 11.0 Å². The molecule has 0 saturated heterocycles. The van der Waals surface area contributed by atoms with E-state index >= 15 is 0 Å². The summed E-state index contributed by atoms with van der Waals surface area (Å²) < 4.78 is 2.76. The van der Waals surface area contributed by atoms with E-state index in [-0.39, 0.29) is 11.0 Å². The lowest BCUT2D eigenvalue weighted by molar-refractivity contribution is -0.726. The molecular formula is C44H46N+. The lowest BCUT2D eigenvalue weighted by Gasteiger charge is -2.34. The minimum atomic E-state index is -0.224. The largest absolute Gasteiger partial charge is 0.219 e. The Labute approximate surface area is 269 Å². The summed E-state index contributed by atoms with van der Waals surface area (Å²) in [5.74, 6) is 1.18. The molecule has 0 bridgehead atoms. The molecule has 0 N–H and O–H groups in total. The van der Waals surface area contributed by atoms with Crippen LogP contribution in [0.25, 0.3) is 43.9 Å². The summed E-state index contributed by atoms with van der Waals surface area (Å²) in [6, 6.07) is 30.0. The molecule has 1 heteroatoms. The molecule has 4 aromatic carbocycles. The number of fused-ring (bicyclic) bond motifs is 4. The minimum absolute atomic E-state index is 0.146. The fraction of sp³-hybridized carbons (Fsp3) is 0.341. The molecule has 1 aromatic heterocycles. The van der Waals surface area contributed by atoms with Crippen molar-refractivity contribution in [1.29, 1.82) is 0 Å². The lowest BCUT2D eigenvalue weighted by Crippen LogP contribution is -2.55. The van der Waals surface area contributed by atoms with Gasteiger partial charge in [0, 0.05) is 33.7 Å². The molecule has 1 unspecified atom stereocenters. The summed E-state index contributed by atoms with van der Waals surface area (Å²) in [5.41, 5.74) is 12.8. The van der Waals surface area contributed by atoms with Crippen molar-refractivity contribution in [1.82, 2.24) is 0 Å². The first-order valence-corrected chi connectivity index (χ1v) is 17.4. The van der Waals surface area contributed by atoms with E-state index in [1.807, 2.05) is 0 Å². The van der Waals surface area contributed by atoms with Crippen molar-refractivity contribution in [2.45, 2.75) is 84.6 Å². The number of rotatable bonds is 7. The molecule has 2 heterocycles. The van der Waals surface area contributed by atoms with Gasteiger partial charge in [-0.1, -0.05) is 120 Å². The van der Waals surface area contributed by atoms with Crippen molar-refractivity contribution in [3.05, 3.63) is 125 Å². The van der Waals surface area contributed by atoms with E-state index in [4.69, 9.17) is 0 Å². The molecule has 3 aliphatic rings. The summed E-state index contributed by atoms with van der Waals surface area (Å²) in [4.78, 5) is 0. The Bertz CT molecular complexity index is 2050. The van der Waals surface area contributed by atoms with Crippen molar-refractivity contribution in [2.24, 2.45) is 11.8 Å². The van der Waals surface area contributed by atoms with Crippen LogP contribution < -0.4 is 4.57 Å². The second-order valence-corrected chi connectivity index (χ2v) is 14.4. The molecule has 0 saturated carbocycles. The van der Waals surface area contributed by atoms with Crippen LogP contribution >= 0.6 is 0 Å². The number of benzene rings is 4. The third-order valence-electron chi connectivity index (χ3n) is 11.9. The highest BCUT2D eigenvalue weighted by molar-refractivity contribution is 6.07. The smallest absolute Gasteiger partial charge is 0.183 e. The van der Waals surface area contributed by atoms with Crippen LogP contribution in [0.2, 0.25) is 0 Å². The highest BCUT2D eigenvalue weighted by Crippen LogP contribution is 2.58. The van der Waals surface area contributed by atoms with E-state index in [0.29, 0.717) is 11.8 Å². The summed E-state index contributed by atoms with van der Waals surface area (Å²) in [7, 11) is 0. The van der Waals surface area contributed by atoms with Gasteiger partial charge >= 0.3 is 0 Å². The van der Waals surface area contributed by atoms with Gasteiger partial charge in [-0.05, 0) is 88.8 Å². The molecule has 0 fully saturated rings. The number of allylic oxidation sites excluding steroid dienone is 4. The van der Waals surface area contributed by atoms with E-state index in [9.17, 15) is 0 Å². The normalized spacial score (nSPS) is 19.2. The summed E-state index contributed by atoms with van der Waals surface area (Å²) in [5, 5.41) is 5.55. The van der Waals surface area contributed by atoms with Gasteiger partial charge in [0.2, 0.25) is 11.2 Å². The van der Waals surface area contributed by atoms with Gasteiger partial charge in [0.1, 0.15) is 0 Å². The summed E-state index contributed by atoms with van der Waals surface area (Å²) in [6.45, 7) is 14.4. The molecule has 2 aliphatic carbocycles. The van der Waals surface area contributed by atoms with Gasteiger partial charge in [0.05, 0.1) is 5.56 Å². The van der Waals surface area contributed by atoms with Gasteiger partial charge in [-0.3, -0.25) is 0 Å². The van der Waals surface area contributed by atoms with E-state index in [0.717, 1.165) is 6.42 Å². The SMILES string of the molecule is CCC(CC)C1=CC2(CC(C(CC)CC)=C1)c1ccc3cccc4c3c1-c1c(c3cc(-c5ccccc5)ccc3c[n+]12)C4(C)C. The Balaban J connectivity index is 1.52. The third kappa shape index (κ3) is 3.89. The first-order valence-electron chi connectivity index (χ1n) is 17.4. The zero-order chi connectivity index (χ0) is 31.1. The van der Waals surface area contributed by atoms with E-state index < -0.39 is 0 Å². The van der Waals surface area contributed by atoms with Crippen molar-refractivity contribution in [3.63, 3.8) is 0 Å². The molecule has 226 valence electrons. The molecule has 0 amide bonds. The molecule has 45 heavy (non-hydrogen) atoms. The maximum Gasteiger partial charge on any atom is 0.219 e. The fourth-order valence-corrected chi connectivity index (χ4v) is 9.45. The van der Waals surface area contributed by atoms with Crippen LogP contribution in [0.3, 0.4) is 0 Å². The number of pyridine rings is 1. The predicted molar refractivity (Wildman–Crippen MR) is 191 cm³/mol. The quantitative estimate of drug-likeness (QED) is 0.167. The second-order valence-electron chi connectivity index (χ2n) is 14.4. The topological polar surface area (TPSA) is 3.88 Å². The van der Waals surface area contributed by atoms with E-state index in [1.165, 1.54) is 86.3 Å². The Kier molecular flexibility index (Phi) is 6.51. The van der Waals surface area contributed by atoms with Crippen molar-refractivity contribution >= 4 is 21.5 Å². The molecule has 0 radical (unpaired) electrons. The zero-order valence-electron chi connectivity index (χ0n) is 27.9. The van der Waals surface area contributed by atoms with Crippen LogP contribution in [0.5, 0.6) is 0 Å². The third-order valence-corrected chi connectivity index (χ3v) is 11.9. The zero-order valence-corrected chi connectivity index (χ0v) is 27.9. The number of nitrogens with zero attached hydrogens (tertiary/aromatic N) is 1. The molecule has 1 spiro atoms. The van der Waals surface area contributed by atoms with E-state index in [1.54, 1.807) is 11.1 Å². The van der Waals surface area contributed by atoms with Gasteiger partial charge < -0.3 is 0 Å². The van der Waals surface area contributed by atoms with Gasteiger partial charge in [0.15, 0.2) is 6.20 Å². The Morgan fingerprint density at radius 3 is 2.18 bits per heavy atom. The standard InChI is InChI=1S/C44H46N/c1-7-28(8-2)34-23-35(29(9-3)10-4)26-44(25-34)38-22-21-31-17-14-18-37-39(31)40(38)42-41(43(37,5)6)36-24-32(30-15-12-11-13-16-30)19-20-33(36)27-45(42)44/h11-25,27-29H,7-10,26H2,1-6H3/q+1. The number of hydrogen-bond donors (Lipinski definition) is 0. The number of aromatic nitrogens is 1. The average Bonchev–Trinajstić information content (AvgIpc) is 3.32. The van der Waals surface area contributed by atoms with Crippen molar-refractivity contribution < 1.29 is 4.57 Å². The van der Waals surface area contributed by atoms with Crippen LogP contribution in [-0.4, -0.2) is 0 Å². The first kappa shape index (κ1) is 28.5. The van der Waals surface area contributed by atoms with Gasteiger partial charge in [0.25, 0.3) is 0 Å². The lowest BCUT2D eigenvalue weighted by atomic mass is 9.67. The van der Waals surface area contributed by atoms with Crippen LogP contribution in [0.1, 0.15) is 90.3 Å². The van der Waals surface area contributed by atoms with Crippen LogP contribution in [0, 0.1) is 11.8 Å². The molecular weight excluding hydrogens is 542 g/mol. The van der Waals surface area contributed by atoms with Gasteiger partial charge in [-0.2, -0.15) is 4.57 Å². The Morgan fingerprint density at radius 2 is 1.44 bits per heavy atom. The van der Waals surface area contributed by atoms with Gasteiger partial charge in [-0.15, -0.1) is 0 Å². The Morgan fingerprint density at radius 1 is 0.711 bits per heavy atom. The summed E-state index contributed by atoms with van der Waals surface area (Å²) in [6.07, 6.45) is 13.7.